The minimum atomic E-state index is -3.57. The van der Waals surface area contributed by atoms with Crippen molar-refractivity contribution >= 4 is 26.8 Å². The van der Waals surface area contributed by atoms with E-state index in [2.05, 4.69) is 0 Å². The predicted molar refractivity (Wildman–Crippen MR) is 105 cm³/mol. The van der Waals surface area contributed by atoms with Crippen molar-refractivity contribution in [1.82, 2.24) is 0 Å². The molecule has 0 saturated carbocycles. The molecule has 0 amide bonds. The molecule has 0 aliphatic heterocycles. The van der Waals surface area contributed by atoms with Gasteiger partial charge in [0.15, 0.2) is 9.84 Å². The zero-order chi connectivity index (χ0) is 20.3. The molecule has 1 aromatic heterocycles. The highest BCUT2D eigenvalue weighted by Gasteiger charge is 2.22. The van der Waals surface area contributed by atoms with Crippen molar-refractivity contribution in [2.45, 2.75) is 31.8 Å². The van der Waals surface area contributed by atoms with Crippen LogP contribution in [0.25, 0.3) is 11.0 Å². The molecule has 7 heteroatoms. The van der Waals surface area contributed by atoms with Gasteiger partial charge in [0.05, 0.1) is 16.2 Å². The lowest BCUT2D eigenvalue weighted by Gasteiger charge is -2.11. The average molecular weight is 400 g/mol. The van der Waals surface area contributed by atoms with Crippen LogP contribution in [-0.2, 0) is 27.6 Å². The topological polar surface area (TPSA) is 90.7 Å². The predicted octanol–water partition coefficient (Wildman–Crippen LogP) is 3.51. The molecule has 0 radical (unpaired) electrons. The van der Waals surface area contributed by atoms with Crippen molar-refractivity contribution in [3.8, 4) is 0 Å². The number of hydrogen-bond acceptors (Lipinski definition) is 6. The molecule has 0 N–H and O–H groups in total. The lowest BCUT2D eigenvalue weighted by Crippen LogP contribution is -2.14. The third kappa shape index (κ3) is 3.99. The minimum absolute atomic E-state index is 0.0232. The van der Waals surface area contributed by atoms with E-state index in [4.69, 9.17) is 9.15 Å². The van der Waals surface area contributed by atoms with Crippen molar-refractivity contribution < 1.29 is 22.4 Å². The highest BCUT2D eigenvalue weighted by molar-refractivity contribution is 7.91. The molecule has 0 aliphatic rings. The second kappa shape index (κ2) is 7.98. The summed E-state index contributed by atoms with van der Waals surface area (Å²) in [5, 5.41) is 0.666. The van der Waals surface area contributed by atoms with Crippen LogP contribution >= 0.6 is 0 Å². The van der Waals surface area contributed by atoms with Crippen molar-refractivity contribution in [2.75, 3.05) is 5.75 Å². The Morgan fingerprint density at radius 3 is 2.54 bits per heavy atom. The van der Waals surface area contributed by atoms with Crippen molar-refractivity contribution in [3.63, 3.8) is 0 Å². The molecule has 3 aromatic rings. The molecule has 0 unspecified atom stereocenters. The van der Waals surface area contributed by atoms with Gasteiger partial charge in [-0.3, -0.25) is 0 Å². The van der Waals surface area contributed by atoms with Crippen LogP contribution < -0.4 is 5.63 Å². The van der Waals surface area contributed by atoms with Crippen LogP contribution in [0.4, 0.5) is 0 Å². The highest BCUT2D eigenvalue weighted by atomic mass is 32.2. The van der Waals surface area contributed by atoms with Crippen LogP contribution in [0, 0.1) is 0 Å². The van der Waals surface area contributed by atoms with E-state index in [0.717, 1.165) is 12.0 Å². The standard InChI is InChI=1S/C21H20O6S/c1-3-14-9-10-16-15(12-20(22)27-18(16)11-14)13-26-21(23)17-7-5-6-8-19(17)28(24,25)4-2/h5-12H,3-4,13H2,1-2H3. The van der Waals surface area contributed by atoms with Crippen molar-refractivity contribution in [3.05, 3.63) is 75.6 Å². The maximum absolute atomic E-state index is 12.5. The Bertz CT molecular complexity index is 1190. The maximum atomic E-state index is 12.5. The number of sulfone groups is 1. The first-order chi connectivity index (χ1) is 13.4. The SMILES string of the molecule is CCc1ccc2c(COC(=O)c3ccccc3S(=O)(=O)CC)cc(=O)oc2c1. The van der Waals surface area contributed by atoms with E-state index in [1.807, 2.05) is 19.1 Å². The molecule has 3 rings (SSSR count). The van der Waals surface area contributed by atoms with Gasteiger partial charge in [0, 0.05) is 17.0 Å². The van der Waals surface area contributed by atoms with Gasteiger partial charge in [-0.2, -0.15) is 0 Å². The highest BCUT2D eigenvalue weighted by Crippen LogP contribution is 2.22. The lowest BCUT2D eigenvalue weighted by atomic mass is 10.1. The molecule has 0 spiro atoms. The number of benzene rings is 2. The molecule has 28 heavy (non-hydrogen) atoms. The number of esters is 1. The number of hydrogen-bond donors (Lipinski definition) is 0. The monoisotopic (exact) mass is 400 g/mol. The Balaban J connectivity index is 1.92. The number of carbonyl (C=O) groups is 1. The summed E-state index contributed by atoms with van der Waals surface area (Å²) in [6.07, 6.45) is 0.793. The summed E-state index contributed by atoms with van der Waals surface area (Å²) in [7, 11) is -3.57. The molecule has 0 saturated heterocycles. The van der Waals surface area contributed by atoms with Crippen molar-refractivity contribution in [2.24, 2.45) is 0 Å². The molecule has 6 nitrogen and oxygen atoms in total. The molecule has 0 bridgehead atoms. The summed E-state index contributed by atoms with van der Waals surface area (Å²) in [4.78, 5) is 24.3. The van der Waals surface area contributed by atoms with Gasteiger partial charge in [-0.1, -0.05) is 38.1 Å². The minimum Gasteiger partial charge on any atom is -0.457 e. The van der Waals surface area contributed by atoms with Gasteiger partial charge in [-0.25, -0.2) is 18.0 Å². The third-order valence-electron chi connectivity index (χ3n) is 4.48. The first kappa shape index (κ1) is 19.8. The molecular formula is C21H20O6S. The molecule has 0 atom stereocenters. The van der Waals surface area contributed by atoms with E-state index in [-0.39, 0.29) is 22.8 Å². The molecule has 146 valence electrons. The Hall–Kier alpha value is -2.93. The van der Waals surface area contributed by atoms with Crippen LogP contribution in [0.3, 0.4) is 0 Å². The quantitative estimate of drug-likeness (QED) is 0.465. The summed E-state index contributed by atoms with van der Waals surface area (Å²) in [6.45, 7) is 3.33. The van der Waals surface area contributed by atoms with Crippen LogP contribution in [-0.4, -0.2) is 20.1 Å². The smallest absolute Gasteiger partial charge is 0.339 e. The van der Waals surface area contributed by atoms with E-state index >= 15 is 0 Å². The zero-order valence-electron chi connectivity index (χ0n) is 15.6. The van der Waals surface area contributed by atoms with Gasteiger partial charge < -0.3 is 9.15 Å². The molecule has 2 aromatic carbocycles. The second-order valence-electron chi connectivity index (χ2n) is 6.25. The summed E-state index contributed by atoms with van der Waals surface area (Å²) in [6, 6.07) is 12.7. The summed E-state index contributed by atoms with van der Waals surface area (Å²) < 4.78 is 35.0. The van der Waals surface area contributed by atoms with E-state index in [1.54, 1.807) is 18.2 Å². The van der Waals surface area contributed by atoms with Gasteiger partial charge in [-0.05, 0) is 30.2 Å². The number of carbonyl (C=O) groups excluding carboxylic acids is 1. The van der Waals surface area contributed by atoms with Gasteiger partial charge >= 0.3 is 11.6 Å². The largest absolute Gasteiger partial charge is 0.457 e. The average Bonchev–Trinajstić information content (AvgIpc) is 2.71. The van der Waals surface area contributed by atoms with Gasteiger partial charge in [-0.15, -0.1) is 0 Å². The first-order valence-electron chi connectivity index (χ1n) is 8.90. The second-order valence-corrected chi connectivity index (χ2v) is 8.50. The van der Waals surface area contributed by atoms with E-state index < -0.39 is 21.4 Å². The number of fused-ring (bicyclic) bond motifs is 1. The fraction of sp³-hybridized carbons (Fsp3) is 0.238. The molecular weight excluding hydrogens is 380 g/mol. The fourth-order valence-corrected chi connectivity index (χ4v) is 3.98. The van der Waals surface area contributed by atoms with E-state index in [0.29, 0.717) is 16.5 Å². The van der Waals surface area contributed by atoms with E-state index in [1.165, 1.54) is 25.1 Å². The summed E-state index contributed by atoms with van der Waals surface area (Å²) in [5.41, 5.74) is 1.37. The van der Waals surface area contributed by atoms with Crippen molar-refractivity contribution in [1.29, 1.82) is 0 Å². The Morgan fingerprint density at radius 2 is 1.82 bits per heavy atom. The van der Waals surface area contributed by atoms with Gasteiger partial charge in [0.1, 0.15) is 12.2 Å². The normalized spacial score (nSPS) is 11.5. The van der Waals surface area contributed by atoms with Crippen LogP contribution in [0.15, 0.2) is 62.6 Å². The zero-order valence-corrected chi connectivity index (χ0v) is 16.4. The Morgan fingerprint density at radius 1 is 1.07 bits per heavy atom. The third-order valence-corrected chi connectivity index (χ3v) is 6.27. The van der Waals surface area contributed by atoms with Gasteiger partial charge in [0.25, 0.3) is 0 Å². The molecule has 1 heterocycles. The number of ether oxygens (including phenoxy) is 1. The van der Waals surface area contributed by atoms with Gasteiger partial charge in [0.2, 0.25) is 0 Å². The number of aryl methyl sites for hydroxylation is 1. The first-order valence-corrected chi connectivity index (χ1v) is 10.6. The molecule has 0 aliphatic carbocycles. The van der Waals surface area contributed by atoms with E-state index in [9.17, 15) is 18.0 Å². The molecule has 0 fully saturated rings. The Labute approximate surface area is 162 Å². The Kier molecular flexibility index (Phi) is 5.65. The fourth-order valence-electron chi connectivity index (χ4n) is 2.90. The number of rotatable bonds is 6. The van der Waals surface area contributed by atoms with Crippen LogP contribution in [0.1, 0.15) is 35.3 Å². The summed E-state index contributed by atoms with van der Waals surface area (Å²) in [5.74, 6) is -0.888. The summed E-state index contributed by atoms with van der Waals surface area (Å²) >= 11 is 0. The van der Waals surface area contributed by atoms with Crippen LogP contribution in [0.2, 0.25) is 0 Å². The lowest BCUT2D eigenvalue weighted by molar-refractivity contribution is 0.0469. The maximum Gasteiger partial charge on any atom is 0.339 e. The van der Waals surface area contributed by atoms with Crippen LogP contribution in [0.5, 0.6) is 0 Å².